The molecule has 2 aromatic rings. The third-order valence-corrected chi connectivity index (χ3v) is 6.95. The van der Waals surface area contributed by atoms with Crippen LogP contribution < -0.4 is 15.0 Å². The highest BCUT2D eigenvalue weighted by atomic mass is 16.5. The molecule has 2 unspecified atom stereocenters. The lowest BCUT2D eigenvalue weighted by molar-refractivity contribution is -0.119. The first kappa shape index (κ1) is 27.9. The first-order valence-corrected chi connectivity index (χ1v) is 13.1. The van der Waals surface area contributed by atoms with Crippen molar-refractivity contribution in [1.29, 1.82) is 5.26 Å². The SMILES string of the molecule is CC.CCc1cc(OC)c(O)cc1CNCC1C=C(c2ccc3c(n2)N(C)C(=O)C3CC)C(C#N)=CC1. The minimum absolute atomic E-state index is 0.0684. The maximum Gasteiger partial charge on any atom is 0.235 e. The number of aryl methyl sites for hydroxylation is 1. The van der Waals surface area contributed by atoms with Gasteiger partial charge in [-0.15, -0.1) is 0 Å². The molecule has 2 heterocycles. The van der Waals surface area contributed by atoms with Gasteiger partial charge in [-0.05, 0) is 54.5 Å². The Labute approximate surface area is 220 Å². The second-order valence-corrected chi connectivity index (χ2v) is 9.05. The molecule has 2 N–H and O–H groups in total. The van der Waals surface area contributed by atoms with E-state index in [9.17, 15) is 15.2 Å². The number of rotatable bonds is 8. The van der Waals surface area contributed by atoms with Crippen molar-refractivity contribution in [3.8, 4) is 17.6 Å². The Bertz CT molecular complexity index is 1240. The summed E-state index contributed by atoms with van der Waals surface area (Å²) in [4.78, 5) is 19.0. The van der Waals surface area contributed by atoms with Crippen LogP contribution in [-0.4, -0.2) is 36.7 Å². The summed E-state index contributed by atoms with van der Waals surface area (Å²) in [6, 6.07) is 9.86. The van der Waals surface area contributed by atoms with Crippen molar-refractivity contribution in [3.63, 3.8) is 0 Å². The number of carbonyl (C=O) groups excluding carboxylic acids is 1. The Balaban J connectivity index is 0.00000186. The smallest absolute Gasteiger partial charge is 0.235 e. The minimum atomic E-state index is -0.148. The number of hydrogen-bond acceptors (Lipinski definition) is 6. The maximum atomic E-state index is 12.6. The van der Waals surface area contributed by atoms with Crippen LogP contribution in [0.2, 0.25) is 0 Å². The summed E-state index contributed by atoms with van der Waals surface area (Å²) in [6.07, 6.45) is 6.42. The van der Waals surface area contributed by atoms with Gasteiger partial charge in [0.25, 0.3) is 0 Å². The Morgan fingerprint density at radius 2 is 2.00 bits per heavy atom. The van der Waals surface area contributed by atoms with E-state index in [-0.39, 0.29) is 23.5 Å². The Hall–Kier alpha value is -3.63. The zero-order chi connectivity index (χ0) is 27.1. The second-order valence-electron chi connectivity index (χ2n) is 9.05. The number of nitriles is 1. The zero-order valence-electron chi connectivity index (χ0n) is 22.8. The highest BCUT2D eigenvalue weighted by Gasteiger charge is 2.35. The molecule has 1 aliphatic heterocycles. The Morgan fingerprint density at radius 3 is 2.65 bits per heavy atom. The molecule has 4 rings (SSSR count). The number of benzene rings is 1. The summed E-state index contributed by atoms with van der Waals surface area (Å²) in [5.74, 6) is 1.42. The van der Waals surface area contributed by atoms with Crippen molar-refractivity contribution in [2.75, 3.05) is 25.6 Å². The van der Waals surface area contributed by atoms with Crippen LogP contribution in [-0.2, 0) is 17.8 Å². The van der Waals surface area contributed by atoms with Crippen LogP contribution in [0.5, 0.6) is 11.5 Å². The van der Waals surface area contributed by atoms with Gasteiger partial charge in [-0.3, -0.25) is 9.69 Å². The average molecular weight is 503 g/mol. The van der Waals surface area contributed by atoms with Gasteiger partial charge < -0.3 is 15.2 Å². The van der Waals surface area contributed by atoms with E-state index in [0.29, 0.717) is 29.4 Å². The molecule has 0 spiro atoms. The number of nitrogens with one attached hydrogen (secondary N) is 1. The molecule has 1 aromatic heterocycles. The van der Waals surface area contributed by atoms with Crippen molar-refractivity contribution < 1.29 is 14.6 Å². The number of likely N-dealkylation sites (N-methyl/N-ethyl adjacent to an activating group) is 1. The van der Waals surface area contributed by atoms with Gasteiger partial charge in [0.2, 0.25) is 5.91 Å². The fourth-order valence-electron chi connectivity index (χ4n) is 4.96. The number of anilines is 1. The van der Waals surface area contributed by atoms with Gasteiger partial charge in [0.05, 0.1) is 30.4 Å². The lowest BCUT2D eigenvalue weighted by Crippen LogP contribution is -2.24. The van der Waals surface area contributed by atoms with Gasteiger partial charge >= 0.3 is 0 Å². The van der Waals surface area contributed by atoms with Gasteiger partial charge in [0.1, 0.15) is 5.82 Å². The number of nitrogens with zero attached hydrogens (tertiary/aromatic N) is 3. The van der Waals surface area contributed by atoms with Gasteiger partial charge in [0, 0.05) is 31.3 Å². The summed E-state index contributed by atoms with van der Waals surface area (Å²) < 4.78 is 5.23. The third kappa shape index (κ3) is 5.70. The van der Waals surface area contributed by atoms with Crippen LogP contribution >= 0.6 is 0 Å². The summed E-state index contributed by atoms with van der Waals surface area (Å²) in [5, 5.41) is 23.4. The van der Waals surface area contributed by atoms with Crippen LogP contribution in [0.1, 0.15) is 68.8 Å². The standard InChI is InChI=1S/C28H32N4O3.C2H6/c1-5-18-13-26(35-4)25(33)12-20(18)16-30-15-17-7-8-19(14-29)23(11-17)24-10-9-22-21(6-2)28(34)32(3)27(22)31-24;1-2/h8-13,17,21,30,33H,5-7,15-16H2,1-4H3;1-2H3. The van der Waals surface area contributed by atoms with E-state index in [0.717, 1.165) is 48.1 Å². The van der Waals surface area contributed by atoms with Crippen molar-refractivity contribution >= 4 is 17.3 Å². The van der Waals surface area contributed by atoms with Crippen LogP contribution in [0.4, 0.5) is 5.82 Å². The fraction of sp³-hybridized carbons (Fsp3) is 0.433. The molecule has 196 valence electrons. The molecular formula is C30H38N4O3. The minimum Gasteiger partial charge on any atom is -0.504 e. The van der Waals surface area contributed by atoms with Gasteiger partial charge in [-0.2, -0.15) is 5.26 Å². The second kappa shape index (κ2) is 12.6. The predicted molar refractivity (Wildman–Crippen MR) is 148 cm³/mol. The molecule has 1 aliphatic carbocycles. The molecule has 2 aliphatic rings. The summed E-state index contributed by atoms with van der Waals surface area (Å²) in [5.41, 5.74) is 5.26. The first-order valence-electron chi connectivity index (χ1n) is 13.1. The fourth-order valence-corrected chi connectivity index (χ4v) is 4.96. The largest absolute Gasteiger partial charge is 0.504 e. The molecule has 1 amide bonds. The van der Waals surface area contributed by atoms with Crippen LogP contribution in [0.15, 0.2) is 42.0 Å². The number of phenolic OH excluding ortho intramolecular Hbond substituents is 1. The monoisotopic (exact) mass is 502 g/mol. The molecule has 0 fully saturated rings. The summed E-state index contributed by atoms with van der Waals surface area (Å²) in [7, 11) is 3.31. The molecule has 2 atom stereocenters. The van der Waals surface area contributed by atoms with Crippen molar-refractivity contribution in [2.45, 2.75) is 59.4 Å². The Morgan fingerprint density at radius 1 is 1.24 bits per heavy atom. The lowest BCUT2D eigenvalue weighted by atomic mass is 9.88. The molecule has 0 saturated heterocycles. The molecule has 0 radical (unpaired) electrons. The maximum absolute atomic E-state index is 12.6. The Kier molecular flexibility index (Phi) is 9.48. The number of carbonyl (C=O) groups is 1. The first-order chi connectivity index (χ1) is 17.9. The van der Waals surface area contributed by atoms with Crippen LogP contribution in [0.3, 0.4) is 0 Å². The summed E-state index contributed by atoms with van der Waals surface area (Å²) >= 11 is 0. The van der Waals surface area contributed by atoms with Gasteiger partial charge in [0.15, 0.2) is 11.5 Å². The van der Waals surface area contributed by atoms with E-state index < -0.39 is 0 Å². The van der Waals surface area contributed by atoms with E-state index in [4.69, 9.17) is 9.72 Å². The number of ether oxygens (including phenoxy) is 1. The molecule has 37 heavy (non-hydrogen) atoms. The van der Waals surface area contributed by atoms with E-state index in [1.807, 2.05) is 45.0 Å². The van der Waals surface area contributed by atoms with E-state index in [1.54, 1.807) is 25.1 Å². The average Bonchev–Trinajstić information content (AvgIpc) is 3.18. The highest BCUT2D eigenvalue weighted by molar-refractivity contribution is 6.03. The predicted octanol–water partition coefficient (Wildman–Crippen LogP) is 5.50. The number of methoxy groups -OCH3 is 1. The highest BCUT2D eigenvalue weighted by Crippen LogP contribution is 2.39. The van der Waals surface area contributed by atoms with Gasteiger partial charge in [-0.1, -0.05) is 45.9 Å². The third-order valence-electron chi connectivity index (χ3n) is 6.95. The molecule has 1 aromatic carbocycles. The zero-order valence-corrected chi connectivity index (χ0v) is 22.8. The van der Waals surface area contributed by atoms with Crippen LogP contribution in [0, 0.1) is 17.2 Å². The number of aromatic hydroxyl groups is 1. The lowest BCUT2D eigenvalue weighted by Gasteiger charge is -2.21. The molecule has 0 saturated carbocycles. The normalized spacial score (nSPS) is 18.3. The topological polar surface area (TPSA) is 98.5 Å². The van der Waals surface area contributed by atoms with E-state index in [1.165, 1.54) is 0 Å². The number of pyridine rings is 1. The molecule has 7 heteroatoms. The number of fused-ring (bicyclic) bond motifs is 1. The van der Waals surface area contributed by atoms with E-state index >= 15 is 0 Å². The number of hydrogen-bond donors (Lipinski definition) is 2. The number of aromatic nitrogens is 1. The van der Waals surface area contributed by atoms with Gasteiger partial charge in [-0.25, -0.2) is 4.98 Å². The quantitative estimate of drug-likeness (QED) is 0.495. The molecule has 7 nitrogen and oxygen atoms in total. The summed E-state index contributed by atoms with van der Waals surface area (Å²) in [6.45, 7) is 9.43. The van der Waals surface area contributed by atoms with Crippen molar-refractivity contribution in [1.82, 2.24) is 10.3 Å². The van der Waals surface area contributed by atoms with Crippen molar-refractivity contribution in [2.24, 2.45) is 5.92 Å². The number of amides is 1. The number of allylic oxidation sites excluding steroid dienone is 3. The molecular weight excluding hydrogens is 464 g/mol. The number of phenols is 1. The van der Waals surface area contributed by atoms with Crippen molar-refractivity contribution in [3.05, 3.63) is 64.4 Å². The van der Waals surface area contributed by atoms with Crippen LogP contribution in [0.25, 0.3) is 5.57 Å². The molecule has 0 bridgehead atoms. The van der Waals surface area contributed by atoms with E-state index in [2.05, 4.69) is 24.4 Å².